The summed E-state index contributed by atoms with van der Waals surface area (Å²) in [6.45, 7) is 0. The van der Waals surface area contributed by atoms with E-state index in [1.807, 2.05) is 0 Å². The van der Waals surface area contributed by atoms with E-state index < -0.39 is 11.7 Å². The Hall–Kier alpha value is -1.28. The number of halogens is 4. The Morgan fingerprint density at radius 2 is 2.06 bits per heavy atom. The Bertz CT molecular complexity index is 444. The molecule has 1 rings (SSSR count). The molecule has 16 heavy (non-hydrogen) atoms. The van der Waals surface area contributed by atoms with Crippen molar-refractivity contribution < 1.29 is 13.2 Å². The molecule has 0 heterocycles. The first-order valence-corrected chi connectivity index (χ1v) is 5.45. The molecule has 0 amide bonds. The molecule has 0 unspecified atom stereocenters. The van der Waals surface area contributed by atoms with Crippen molar-refractivity contribution >= 4 is 22.0 Å². The smallest absolute Gasteiger partial charge is 0.192 e. The van der Waals surface area contributed by atoms with Gasteiger partial charge in [-0.2, -0.15) is 18.4 Å². The van der Waals surface area contributed by atoms with Crippen molar-refractivity contribution in [1.82, 2.24) is 0 Å². The minimum absolute atomic E-state index is 0.358. The Kier molecular flexibility index (Phi) is 4.13. The summed E-state index contributed by atoms with van der Waals surface area (Å²) in [7, 11) is 0. The van der Waals surface area contributed by atoms with Gasteiger partial charge in [0.25, 0.3) is 0 Å². The van der Waals surface area contributed by atoms with E-state index in [1.165, 1.54) is 18.2 Å². The third-order valence-corrected chi connectivity index (χ3v) is 2.24. The number of hydrogen-bond donors (Lipinski definition) is 0. The molecule has 0 atom stereocenters. The molecule has 1 aromatic carbocycles. The van der Waals surface area contributed by atoms with Crippen molar-refractivity contribution in [2.24, 2.45) is 0 Å². The number of nitrogens with zero attached hydrogens (tertiary/aromatic N) is 1. The molecule has 5 heteroatoms. The predicted molar refractivity (Wildman–Crippen MR) is 59.0 cm³/mol. The minimum Gasteiger partial charge on any atom is -0.192 e. The van der Waals surface area contributed by atoms with Crippen molar-refractivity contribution in [2.75, 3.05) is 5.33 Å². The van der Waals surface area contributed by atoms with Gasteiger partial charge in [-0.15, -0.1) is 0 Å². The van der Waals surface area contributed by atoms with E-state index in [-0.39, 0.29) is 5.56 Å². The zero-order valence-electron chi connectivity index (χ0n) is 8.05. The topological polar surface area (TPSA) is 23.8 Å². The second-order valence-electron chi connectivity index (χ2n) is 2.97. The summed E-state index contributed by atoms with van der Waals surface area (Å²) in [4.78, 5) is 0. The van der Waals surface area contributed by atoms with Crippen molar-refractivity contribution in [2.45, 2.75) is 6.18 Å². The van der Waals surface area contributed by atoms with E-state index in [4.69, 9.17) is 5.26 Å². The lowest BCUT2D eigenvalue weighted by Crippen LogP contribution is -2.07. The second kappa shape index (κ2) is 5.17. The van der Waals surface area contributed by atoms with Gasteiger partial charge in [0.1, 0.15) is 0 Å². The summed E-state index contributed by atoms with van der Waals surface area (Å²) in [6, 6.07) is 5.16. The molecule has 0 aliphatic carbocycles. The van der Waals surface area contributed by atoms with Gasteiger partial charge in [0.05, 0.1) is 17.2 Å². The van der Waals surface area contributed by atoms with E-state index in [9.17, 15) is 13.2 Å². The lowest BCUT2D eigenvalue weighted by molar-refractivity contribution is -0.137. The highest BCUT2D eigenvalue weighted by molar-refractivity contribution is 9.09. The molecule has 0 N–H and O–H groups in total. The maximum Gasteiger partial charge on any atom is 0.417 e. The summed E-state index contributed by atoms with van der Waals surface area (Å²) in [5.74, 6) is 0. The Morgan fingerprint density at radius 3 is 2.56 bits per heavy atom. The standard InChI is InChI=1S/C11H7BrF3N/c12-5-1-2-8-3-4-9(7-16)10(6-8)11(13,14)15/h1-4,6H,5H2. The van der Waals surface area contributed by atoms with Crippen LogP contribution in [0.3, 0.4) is 0 Å². The van der Waals surface area contributed by atoms with Crippen molar-refractivity contribution in [3.05, 3.63) is 41.0 Å². The van der Waals surface area contributed by atoms with Crippen LogP contribution < -0.4 is 0 Å². The molecule has 0 spiro atoms. The van der Waals surface area contributed by atoms with Crippen LogP contribution in [-0.2, 0) is 6.18 Å². The molecule has 0 saturated carbocycles. The Morgan fingerprint density at radius 1 is 1.38 bits per heavy atom. The molecule has 0 radical (unpaired) electrons. The van der Waals surface area contributed by atoms with Gasteiger partial charge in [-0.05, 0) is 17.7 Å². The van der Waals surface area contributed by atoms with Gasteiger partial charge in [-0.25, -0.2) is 0 Å². The van der Waals surface area contributed by atoms with Crippen LogP contribution >= 0.6 is 15.9 Å². The van der Waals surface area contributed by atoms with Crippen LogP contribution in [0.5, 0.6) is 0 Å². The van der Waals surface area contributed by atoms with Gasteiger partial charge in [-0.3, -0.25) is 0 Å². The molecule has 84 valence electrons. The Labute approximate surface area is 99.3 Å². The highest BCUT2D eigenvalue weighted by Crippen LogP contribution is 2.32. The van der Waals surface area contributed by atoms with Crippen LogP contribution in [0.25, 0.3) is 6.08 Å². The molecule has 1 nitrogen and oxygen atoms in total. The number of alkyl halides is 4. The summed E-state index contributed by atoms with van der Waals surface area (Å²) in [5.41, 5.74) is -0.832. The van der Waals surface area contributed by atoms with Crippen LogP contribution in [-0.4, -0.2) is 5.33 Å². The van der Waals surface area contributed by atoms with Gasteiger partial charge < -0.3 is 0 Å². The molecule has 1 aromatic rings. The molecule has 0 fully saturated rings. The van der Waals surface area contributed by atoms with Crippen molar-refractivity contribution in [3.8, 4) is 6.07 Å². The van der Waals surface area contributed by atoms with Crippen molar-refractivity contribution in [1.29, 1.82) is 5.26 Å². The third-order valence-electron chi connectivity index (χ3n) is 1.87. The fourth-order valence-electron chi connectivity index (χ4n) is 1.18. The van der Waals surface area contributed by atoms with E-state index in [0.29, 0.717) is 10.9 Å². The van der Waals surface area contributed by atoms with Crippen LogP contribution in [0.1, 0.15) is 16.7 Å². The average Bonchev–Trinajstić information content (AvgIpc) is 2.24. The van der Waals surface area contributed by atoms with Crippen LogP contribution in [0.4, 0.5) is 13.2 Å². The first-order valence-electron chi connectivity index (χ1n) is 4.33. The Balaban J connectivity index is 3.23. The maximum atomic E-state index is 12.6. The van der Waals surface area contributed by atoms with Gasteiger partial charge in [-0.1, -0.05) is 34.1 Å². The zero-order valence-corrected chi connectivity index (χ0v) is 9.64. The molecule has 0 saturated heterocycles. The third kappa shape index (κ3) is 3.11. The molecule has 0 bridgehead atoms. The average molecular weight is 290 g/mol. The van der Waals surface area contributed by atoms with Crippen molar-refractivity contribution in [3.63, 3.8) is 0 Å². The van der Waals surface area contributed by atoms with E-state index >= 15 is 0 Å². The number of rotatable bonds is 2. The number of hydrogen-bond acceptors (Lipinski definition) is 1. The highest BCUT2D eigenvalue weighted by Gasteiger charge is 2.33. The first-order chi connectivity index (χ1) is 7.49. The number of nitriles is 1. The van der Waals surface area contributed by atoms with Gasteiger partial charge in [0, 0.05) is 5.33 Å². The minimum atomic E-state index is -4.50. The fraction of sp³-hybridized carbons (Fsp3) is 0.182. The van der Waals surface area contributed by atoms with Crippen LogP contribution in [0.15, 0.2) is 24.3 Å². The SMILES string of the molecule is N#Cc1ccc(C=CCBr)cc1C(F)(F)F. The zero-order chi connectivity index (χ0) is 12.2. The number of allylic oxidation sites excluding steroid dienone is 1. The predicted octanol–water partition coefficient (Wildman–Crippen LogP) is 3.99. The number of benzene rings is 1. The van der Waals surface area contributed by atoms with Gasteiger partial charge >= 0.3 is 6.18 Å². The molecule has 0 aromatic heterocycles. The largest absolute Gasteiger partial charge is 0.417 e. The lowest BCUT2D eigenvalue weighted by Gasteiger charge is -2.09. The van der Waals surface area contributed by atoms with E-state index in [2.05, 4.69) is 15.9 Å². The quantitative estimate of drug-likeness (QED) is 0.756. The molecule has 0 aliphatic rings. The lowest BCUT2D eigenvalue weighted by atomic mass is 10.0. The van der Waals surface area contributed by atoms with Crippen LogP contribution in [0, 0.1) is 11.3 Å². The highest BCUT2D eigenvalue weighted by atomic mass is 79.9. The maximum absolute atomic E-state index is 12.6. The van der Waals surface area contributed by atoms with Gasteiger partial charge in [0.2, 0.25) is 0 Å². The summed E-state index contributed by atoms with van der Waals surface area (Å²) in [6.07, 6.45) is -1.25. The summed E-state index contributed by atoms with van der Waals surface area (Å²) in [5, 5.41) is 9.14. The fourth-order valence-corrected chi connectivity index (χ4v) is 1.37. The van der Waals surface area contributed by atoms with Gasteiger partial charge in [0.15, 0.2) is 0 Å². The van der Waals surface area contributed by atoms with Crippen LogP contribution in [0.2, 0.25) is 0 Å². The normalized spacial score (nSPS) is 11.7. The van der Waals surface area contributed by atoms with E-state index in [1.54, 1.807) is 12.2 Å². The summed E-state index contributed by atoms with van der Waals surface area (Å²) >= 11 is 3.13. The summed E-state index contributed by atoms with van der Waals surface area (Å²) < 4.78 is 37.7. The molecular weight excluding hydrogens is 283 g/mol. The second-order valence-corrected chi connectivity index (χ2v) is 3.62. The van der Waals surface area contributed by atoms with E-state index in [0.717, 1.165) is 6.07 Å². The molecular formula is C11H7BrF3N. The first kappa shape index (κ1) is 12.8. The molecule has 0 aliphatic heterocycles. The monoisotopic (exact) mass is 289 g/mol.